The first-order valence-electron chi connectivity index (χ1n) is 13.1. The van der Waals surface area contributed by atoms with Gasteiger partial charge in [0, 0.05) is 0 Å². The molecule has 0 aliphatic carbocycles. The van der Waals surface area contributed by atoms with Crippen LogP contribution in [-0.2, 0) is 23.1 Å². The lowest BCUT2D eigenvalue weighted by Gasteiger charge is -2.18. The van der Waals surface area contributed by atoms with E-state index in [-0.39, 0.29) is 18.6 Å². The third kappa shape index (κ3) is 21.2. The Morgan fingerprint density at radius 2 is 1.00 bits per heavy atom. The van der Waals surface area contributed by atoms with Crippen molar-refractivity contribution in [2.45, 2.75) is 130 Å². The fourth-order valence-corrected chi connectivity index (χ4v) is 5.11. The molecule has 0 unspecified atom stereocenters. The first kappa shape index (κ1) is 30.6. The van der Waals surface area contributed by atoms with E-state index in [0.29, 0.717) is 19.8 Å². The predicted molar refractivity (Wildman–Crippen MR) is 131 cm³/mol. The molecule has 5 nitrogen and oxygen atoms in total. The Hall–Kier alpha value is -0.380. The van der Waals surface area contributed by atoms with Crippen LogP contribution in [0.1, 0.15) is 130 Å². The molecule has 0 aromatic heterocycles. The summed E-state index contributed by atoms with van der Waals surface area (Å²) in [6.07, 6.45) is 19.5. The van der Waals surface area contributed by atoms with Crippen LogP contribution in [0.25, 0.3) is 0 Å². The molecule has 0 aliphatic rings. The number of ether oxygens (including phenoxy) is 1. The van der Waals surface area contributed by atoms with Crippen LogP contribution >= 0.6 is 7.60 Å². The second kappa shape index (κ2) is 22.8. The fourth-order valence-electron chi connectivity index (χ4n) is 3.51. The molecule has 0 saturated carbocycles. The minimum atomic E-state index is -3.24. The van der Waals surface area contributed by atoms with Gasteiger partial charge in [0.2, 0.25) is 0 Å². The lowest BCUT2D eigenvalue weighted by Crippen LogP contribution is -2.10. The molecule has 0 spiro atoms. The zero-order chi connectivity index (χ0) is 23.0. The van der Waals surface area contributed by atoms with E-state index in [0.717, 1.165) is 25.7 Å². The second-order valence-corrected chi connectivity index (χ2v) is 10.7. The van der Waals surface area contributed by atoms with Crippen molar-refractivity contribution < 1.29 is 23.1 Å². The molecule has 0 amide bonds. The number of unbranched alkanes of at least 4 members (excludes halogenated alkanes) is 14. The summed E-state index contributed by atoms with van der Waals surface area (Å²) in [6, 6.07) is 0. The van der Waals surface area contributed by atoms with Crippen LogP contribution in [-0.4, -0.2) is 32.0 Å². The maximum absolute atomic E-state index is 13.1. The monoisotopic (exact) mass is 462 g/mol. The summed E-state index contributed by atoms with van der Waals surface area (Å²) in [5, 5.41) is 0. The van der Waals surface area contributed by atoms with Crippen molar-refractivity contribution in [3.8, 4) is 0 Å². The third-order valence-electron chi connectivity index (χ3n) is 5.47. The van der Waals surface area contributed by atoms with Crippen molar-refractivity contribution in [2.24, 2.45) is 0 Å². The van der Waals surface area contributed by atoms with Crippen molar-refractivity contribution in [2.75, 3.05) is 26.0 Å². The average Bonchev–Trinajstić information content (AvgIpc) is 2.76. The third-order valence-corrected chi connectivity index (χ3v) is 7.39. The molecule has 0 N–H and O–H groups in total. The normalized spacial score (nSPS) is 11.7. The van der Waals surface area contributed by atoms with Crippen molar-refractivity contribution >= 4 is 13.6 Å². The van der Waals surface area contributed by atoms with Crippen molar-refractivity contribution in [1.29, 1.82) is 0 Å². The van der Waals surface area contributed by atoms with Crippen LogP contribution in [0.4, 0.5) is 0 Å². The largest absolute Gasteiger partial charge is 0.466 e. The highest BCUT2D eigenvalue weighted by molar-refractivity contribution is 7.53. The van der Waals surface area contributed by atoms with Gasteiger partial charge < -0.3 is 13.8 Å². The highest BCUT2D eigenvalue weighted by Crippen LogP contribution is 2.49. The predicted octanol–water partition coefficient (Wildman–Crippen LogP) is 8.45. The van der Waals surface area contributed by atoms with Gasteiger partial charge in [0.05, 0.1) is 32.4 Å². The number of carbonyl (C=O) groups is 1. The molecule has 0 heterocycles. The van der Waals surface area contributed by atoms with Crippen molar-refractivity contribution in [3.63, 3.8) is 0 Å². The van der Waals surface area contributed by atoms with Gasteiger partial charge in [-0.05, 0) is 19.8 Å². The van der Waals surface area contributed by atoms with Gasteiger partial charge in [-0.25, -0.2) is 0 Å². The molecule has 0 bridgehead atoms. The highest BCUT2D eigenvalue weighted by Gasteiger charge is 2.26. The van der Waals surface area contributed by atoms with E-state index in [4.69, 9.17) is 13.8 Å². The topological polar surface area (TPSA) is 61.8 Å². The van der Waals surface area contributed by atoms with Gasteiger partial charge in [-0.1, -0.05) is 104 Å². The van der Waals surface area contributed by atoms with Crippen LogP contribution in [0.3, 0.4) is 0 Å². The zero-order valence-electron chi connectivity index (χ0n) is 20.8. The standard InChI is InChI=1S/C25H51O5P/c1-4-7-9-11-13-15-17-19-22-29-31(27,24-21-25(26)28-6-3)30-23-20-18-16-14-12-10-8-5-2/h4-24H2,1-3H3. The van der Waals surface area contributed by atoms with E-state index >= 15 is 0 Å². The fraction of sp³-hybridized carbons (Fsp3) is 0.960. The SMILES string of the molecule is CCCCCCCCCCOP(=O)(CCC(=O)OCC)OCCCCCCCCCC. The lowest BCUT2D eigenvalue weighted by molar-refractivity contribution is -0.142. The van der Waals surface area contributed by atoms with Gasteiger partial charge in [-0.3, -0.25) is 9.36 Å². The Kier molecular flexibility index (Phi) is 22.5. The summed E-state index contributed by atoms with van der Waals surface area (Å²) < 4.78 is 29.4. The Morgan fingerprint density at radius 1 is 0.613 bits per heavy atom. The maximum atomic E-state index is 13.1. The molecular formula is C25H51O5P. The van der Waals surface area contributed by atoms with Crippen molar-refractivity contribution in [1.82, 2.24) is 0 Å². The van der Waals surface area contributed by atoms with E-state index in [9.17, 15) is 9.36 Å². The van der Waals surface area contributed by atoms with Gasteiger partial charge in [-0.15, -0.1) is 0 Å². The Morgan fingerprint density at radius 3 is 1.39 bits per heavy atom. The summed E-state index contributed by atoms with van der Waals surface area (Å²) in [5.74, 6) is -0.339. The van der Waals surface area contributed by atoms with Crippen LogP contribution in [0.2, 0.25) is 0 Å². The number of carbonyl (C=O) groups excluding carboxylic acids is 1. The highest BCUT2D eigenvalue weighted by atomic mass is 31.2. The van der Waals surface area contributed by atoms with Gasteiger partial charge in [-0.2, -0.15) is 0 Å². The molecule has 0 aromatic rings. The summed E-state index contributed by atoms with van der Waals surface area (Å²) in [6.45, 7) is 7.44. The van der Waals surface area contributed by atoms with Crippen LogP contribution in [0.15, 0.2) is 0 Å². The number of esters is 1. The molecule has 0 aliphatic heterocycles. The Labute approximate surface area is 192 Å². The average molecular weight is 463 g/mol. The summed E-state index contributed by atoms with van der Waals surface area (Å²) in [4.78, 5) is 11.7. The molecule has 0 atom stereocenters. The van der Waals surface area contributed by atoms with E-state index in [1.807, 2.05) is 0 Å². The van der Waals surface area contributed by atoms with Gasteiger partial charge in [0.25, 0.3) is 0 Å². The quantitative estimate of drug-likeness (QED) is 0.0818. The van der Waals surface area contributed by atoms with Gasteiger partial charge in [0.15, 0.2) is 0 Å². The first-order valence-corrected chi connectivity index (χ1v) is 14.8. The molecule has 0 fully saturated rings. The lowest BCUT2D eigenvalue weighted by atomic mass is 10.1. The van der Waals surface area contributed by atoms with E-state index in [1.165, 1.54) is 77.0 Å². The minimum absolute atomic E-state index is 0.0833. The van der Waals surface area contributed by atoms with Crippen molar-refractivity contribution in [3.05, 3.63) is 0 Å². The number of hydrogen-bond donors (Lipinski definition) is 0. The van der Waals surface area contributed by atoms with E-state index < -0.39 is 7.60 Å². The van der Waals surface area contributed by atoms with E-state index in [1.54, 1.807) is 6.92 Å². The van der Waals surface area contributed by atoms with Gasteiger partial charge >= 0.3 is 13.6 Å². The molecule has 6 heteroatoms. The molecule has 186 valence electrons. The Bertz CT molecular complexity index is 416. The summed E-state index contributed by atoms with van der Waals surface area (Å²) in [5.41, 5.74) is 0. The molecule has 0 rings (SSSR count). The molecular weight excluding hydrogens is 411 g/mol. The van der Waals surface area contributed by atoms with Crippen LogP contribution in [0.5, 0.6) is 0 Å². The maximum Gasteiger partial charge on any atom is 0.331 e. The first-order chi connectivity index (χ1) is 15.1. The number of rotatable bonds is 24. The smallest absolute Gasteiger partial charge is 0.331 e. The van der Waals surface area contributed by atoms with E-state index in [2.05, 4.69) is 13.8 Å². The minimum Gasteiger partial charge on any atom is -0.466 e. The summed E-state index contributed by atoms with van der Waals surface area (Å²) in [7, 11) is -3.24. The number of hydrogen-bond acceptors (Lipinski definition) is 5. The molecule has 0 saturated heterocycles. The summed E-state index contributed by atoms with van der Waals surface area (Å²) >= 11 is 0. The Balaban J connectivity index is 4.08. The van der Waals surface area contributed by atoms with Crippen LogP contribution in [0, 0.1) is 0 Å². The molecule has 31 heavy (non-hydrogen) atoms. The van der Waals surface area contributed by atoms with Crippen LogP contribution < -0.4 is 0 Å². The second-order valence-electron chi connectivity index (χ2n) is 8.51. The molecule has 0 aromatic carbocycles. The zero-order valence-corrected chi connectivity index (χ0v) is 21.7. The van der Waals surface area contributed by atoms with Gasteiger partial charge in [0.1, 0.15) is 0 Å². The molecule has 0 radical (unpaired) electrons.